The van der Waals surface area contributed by atoms with Gasteiger partial charge in [-0.2, -0.15) is 4.98 Å². The van der Waals surface area contributed by atoms with Gasteiger partial charge in [-0.15, -0.1) is 0 Å². The lowest BCUT2D eigenvalue weighted by Crippen LogP contribution is -2.11. The third-order valence-electron chi connectivity index (χ3n) is 2.48. The van der Waals surface area contributed by atoms with Crippen LogP contribution in [0, 0.1) is 6.92 Å². The molecule has 0 atom stereocenters. The summed E-state index contributed by atoms with van der Waals surface area (Å²) in [5.41, 5.74) is 0.678. The summed E-state index contributed by atoms with van der Waals surface area (Å²) in [5, 5.41) is 8.06. The Labute approximate surface area is 122 Å². The number of nitrogens with zero attached hydrogens (tertiary/aromatic N) is 2. The van der Waals surface area contributed by atoms with Gasteiger partial charge in [0.2, 0.25) is 15.9 Å². The molecule has 0 amide bonds. The third kappa shape index (κ3) is 4.38. The molecule has 0 saturated heterocycles. The molecule has 0 aliphatic heterocycles. The van der Waals surface area contributed by atoms with Crippen molar-refractivity contribution in [2.24, 2.45) is 5.14 Å². The summed E-state index contributed by atoms with van der Waals surface area (Å²) in [6, 6.07) is 7.68. The number of primary sulfonamides is 1. The molecule has 0 radical (unpaired) electrons. The third-order valence-corrected chi connectivity index (χ3v) is 3.41. The first-order chi connectivity index (χ1) is 9.38. The van der Waals surface area contributed by atoms with Crippen LogP contribution in [0.4, 0.5) is 11.5 Å². The van der Waals surface area contributed by atoms with Crippen molar-refractivity contribution in [3.05, 3.63) is 36.2 Å². The van der Waals surface area contributed by atoms with E-state index in [9.17, 15) is 8.42 Å². The summed E-state index contributed by atoms with van der Waals surface area (Å²) in [7, 11) is -2.16. The van der Waals surface area contributed by atoms with Crippen LogP contribution in [0.1, 0.15) is 5.82 Å². The number of ether oxygens (including phenoxy) is 1. The van der Waals surface area contributed by atoms with E-state index in [0.717, 1.165) is 0 Å². The number of aryl methyl sites for hydroxylation is 1. The zero-order chi connectivity index (χ0) is 14.8. The van der Waals surface area contributed by atoms with Gasteiger partial charge < -0.3 is 15.5 Å². The van der Waals surface area contributed by atoms with E-state index in [1.54, 1.807) is 25.1 Å². The minimum absolute atomic E-state index is 0. The van der Waals surface area contributed by atoms with Crippen molar-refractivity contribution in [1.82, 2.24) is 9.97 Å². The summed E-state index contributed by atoms with van der Waals surface area (Å²) < 4.78 is 27.4. The Kier molecular flexibility index (Phi) is 5.19. The van der Waals surface area contributed by atoms with E-state index in [2.05, 4.69) is 15.3 Å². The number of methoxy groups -OCH3 is 1. The van der Waals surface area contributed by atoms with Crippen LogP contribution in [0.2, 0.25) is 0 Å². The van der Waals surface area contributed by atoms with Gasteiger partial charge in [0.15, 0.2) is 0 Å². The molecule has 0 aliphatic carbocycles. The molecule has 5 N–H and O–H groups in total. The number of hydrogen-bond donors (Lipinski definition) is 2. The van der Waals surface area contributed by atoms with E-state index in [0.29, 0.717) is 23.2 Å². The summed E-state index contributed by atoms with van der Waals surface area (Å²) in [4.78, 5) is 8.33. The quantitative estimate of drug-likeness (QED) is 0.835. The largest absolute Gasteiger partial charge is 0.481 e. The molecule has 0 aliphatic rings. The number of benzene rings is 1. The standard InChI is InChI=1S/C12H14N4O3S.H2O/c1-8-14-11(7-12(15-8)19-2)16-9-3-5-10(6-4-9)20(13,17)18;/h3-7H,1-2H3,(H2,13,17,18)(H,14,15,16);1H2. The van der Waals surface area contributed by atoms with Crippen molar-refractivity contribution in [3.8, 4) is 5.88 Å². The van der Waals surface area contributed by atoms with Gasteiger partial charge in [0.25, 0.3) is 0 Å². The first-order valence-corrected chi connectivity index (χ1v) is 7.22. The molecule has 0 saturated carbocycles. The Morgan fingerprint density at radius 2 is 1.81 bits per heavy atom. The van der Waals surface area contributed by atoms with Crippen molar-refractivity contribution in [2.75, 3.05) is 12.4 Å². The Balaban J connectivity index is 0.00000220. The lowest BCUT2D eigenvalue weighted by Gasteiger charge is -2.08. The molecule has 0 spiro atoms. The molecule has 1 aromatic heterocycles. The predicted octanol–water partition coefficient (Wildman–Crippen LogP) is 0.360. The highest BCUT2D eigenvalue weighted by molar-refractivity contribution is 7.89. The highest BCUT2D eigenvalue weighted by Gasteiger charge is 2.07. The molecule has 9 heteroatoms. The van der Waals surface area contributed by atoms with Crippen LogP contribution in [0.3, 0.4) is 0 Å². The summed E-state index contributed by atoms with van der Waals surface area (Å²) in [6.07, 6.45) is 0. The SMILES string of the molecule is COc1cc(Nc2ccc(S(N)(=O)=O)cc2)nc(C)n1.O. The minimum Gasteiger partial charge on any atom is -0.481 e. The molecule has 21 heavy (non-hydrogen) atoms. The number of aromatic nitrogens is 2. The second kappa shape index (κ2) is 6.48. The van der Waals surface area contributed by atoms with Gasteiger partial charge in [-0.3, -0.25) is 0 Å². The summed E-state index contributed by atoms with van der Waals surface area (Å²) in [6.45, 7) is 1.75. The Hall–Kier alpha value is -2.23. The lowest BCUT2D eigenvalue weighted by atomic mass is 10.3. The van der Waals surface area contributed by atoms with Crippen molar-refractivity contribution >= 4 is 21.5 Å². The van der Waals surface area contributed by atoms with E-state index < -0.39 is 10.0 Å². The van der Waals surface area contributed by atoms with Crippen molar-refractivity contribution < 1.29 is 18.6 Å². The molecule has 0 unspecified atom stereocenters. The molecular weight excluding hydrogens is 296 g/mol. The number of nitrogens with two attached hydrogens (primary N) is 1. The molecule has 1 heterocycles. The van der Waals surface area contributed by atoms with Crippen LogP contribution in [0.15, 0.2) is 35.2 Å². The Morgan fingerprint density at radius 1 is 1.19 bits per heavy atom. The first kappa shape index (κ1) is 16.8. The molecule has 114 valence electrons. The van der Waals surface area contributed by atoms with Gasteiger partial charge in [0, 0.05) is 11.8 Å². The number of rotatable bonds is 4. The molecule has 8 nitrogen and oxygen atoms in total. The Bertz CT molecular complexity index is 717. The molecule has 0 fully saturated rings. The van der Waals surface area contributed by atoms with Crippen molar-refractivity contribution in [2.45, 2.75) is 11.8 Å². The number of anilines is 2. The Morgan fingerprint density at radius 3 is 2.33 bits per heavy atom. The number of hydrogen-bond acceptors (Lipinski definition) is 6. The average Bonchev–Trinajstić information content (AvgIpc) is 2.37. The van der Waals surface area contributed by atoms with E-state index >= 15 is 0 Å². The predicted molar refractivity (Wildman–Crippen MR) is 78.0 cm³/mol. The monoisotopic (exact) mass is 312 g/mol. The maximum atomic E-state index is 11.2. The number of sulfonamides is 1. The first-order valence-electron chi connectivity index (χ1n) is 5.68. The van der Waals surface area contributed by atoms with Crippen LogP contribution in [-0.4, -0.2) is 31.0 Å². The van der Waals surface area contributed by atoms with E-state index in [-0.39, 0.29) is 10.4 Å². The molecule has 2 aromatic rings. The normalized spacial score (nSPS) is 10.6. The van der Waals surface area contributed by atoms with E-state index in [1.807, 2.05) is 0 Å². The summed E-state index contributed by atoms with van der Waals surface area (Å²) in [5.74, 6) is 1.56. The summed E-state index contributed by atoms with van der Waals surface area (Å²) >= 11 is 0. The van der Waals surface area contributed by atoms with Crippen LogP contribution >= 0.6 is 0 Å². The zero-order valence-corrected chi connectivity index (χ0v) is 12.3. The molecule has 1 aromatic carbocycles. The maximum absolute atomic E-state index is 11.2. The smallest absolute Gasteiger partial charge is 0.238 e. The molecule has 0 bridgehead atoms. The highest BCUT2D eigenvalue weighted by atomic mass is 32.2. The second-order valence-corrected chi connectivity index (χ2v) is 5.60. The van der Waals surface area contributed by atoms with Crippen LogP contribution in [-0.2, 0) is 10.0 Å². The van der Waals surface area contributed by atoms with Gasteiger partial charge in [0.1, 0.15) is 11.6 Å². The highest BCUT2D eigenvalue weighted by Crippen LogP contribution is 2.19. The second-order valence-electron chi connectivity index (χ2n) is 4.04. The maximum Gasteiger partial charge on any atom is 0.238 e. The average molecular weight is 312 g/mol. The molecule has 2 rings (SSSR count). The number of nitrogens with one attached hydrogen (secondary N) is 1. The lowest BCUT2D eigenvalue weighted by molar-refractivity contribution is 0.396. The fourth-order valence-electron chi connectivity index (χ4n) is 1.58. The van der Waals surface area contributed by atoms with Crippen LogP contribution in [0.5, 0.6) is 5.88 Å². The van der Waals surface area contributed by atoms with E-state index in [4.69, 9.17) is 9.88 Å². The van der Waals surface area contributed by atoms with Gasteiger partial charge in [-0.1, -0.05) is 0 Å². The van der Waals surface area contributed by atoms with Gasteiger partial charge in [0.05, 0.1) is 12.0 Å². The van der Waals surface area contributed by atoms with Crippen molar-refractivity contribution in [1.29, 1.82) is 0 Å². The van der Waals surface area contributed by atoms with Gasteiger partial charge in [-0.05, 0) is 31.2 Å². The van der Waals surface area contributed by atoms with Crippen molar-refractivity contribution in [3.63, 3.8) is 0 Å². The van der Waals surface area contributed by atoms with Crippen LogP contribution in [0.25, 0.3) is 0 Å². The van der Waals surface area contributed by atoms with E-state index in [1.165, 1.54) is 19.2 Å². The minimum atomic E-state index is -3.68. The van der Waals surface area contributed by atoms with Crippen LogP contribution < -0.4 is 15.2 Å². The fraction of sp³-hybridized carbons (Fsp3) is 0.167. The zero-order valence-electron chi connectivity index (χ0n) is 11.5. The topological polar surface area (TPSA) is 139 Å². The van der Waals surface area contributed by atoms with Gasteiger partial charge in [-0.25, -0.2) is 18.5 Å². The molecular formula is C12H16N4O4S. The van der Waals surface area contributed by atoms with Gasteiger partial charge >= 0.3 is 0 Å². The fourth-order valence-corrected chi connectivity index (χ4v) is 2.10.